The minimum Gasteiger partial charge on any atom is -0.462 e. The quantitative estimate of drug-likeness (QED) is 0.0211. The number of carbonyl (C=O) groups is 2. The van der Waals surface area contributed by atoms with Crippen LogP contribution in [0.4, 0.5) is 0 Å². The predicted octanol–water partition coefficient (Wildman–Crippen LogP) is 16.6. The molecule has 2 unspecified atom stereocenters. The Bertz CT molecular complexity index is 1150. The Hall–Kier alpha value is -1.51. The van der Waals surface area contributed by atoms with Crippen LogP contribution in [0.1, 0.15) is 264 Å². The first kappa shape index (κ1) is 63.5. The van der Waals surface area contributed by atoms with Gasteiger partial charge in [-0.15, -0.1) is 0 Å². The number of allylic oxidation sites excluding steroid dienone is 4. The third-order valence-corrected chi connectivity index (χ3v) is 13.2. The van der Waals surface area contributed by atoms with Gasteiger partial charge in [-0.3, -0.25) is 18.6 Å². The van der Waals surface area contributed by atoms with Crippen LogP contribution < -0.4 is 0 Å². The lowest BCUT2D eigenvalue weighted by Crippen LogP contribution is -2.37. The van der Waals surface area contributed by atoms with Gasteiger partial charge in [-0.1, -0.05) is 218 Å². The number of hydrogen-bond donors (Lipinski definition) is 1. The Morgan fingerprint density at radius 1 is 0.462 bits per heavy atom. The maximum atomic E-state index is 12.7. The minimum absolute atomic E-state index is 0.0326. The van der Waals surface area contributed by atoms with Gasteiger partial charge in [-0.2, -0.15) is 0 Å². The lowest BCUT2D eigenvalue weighted by atomic mass is 10.0. The summed E-state index contributed by atoms with van der Waals surface area (Å²) in [5.41, 5.74) is 0. The summed E-state index contributed by atoms with van der Waals surface area (Å²) in [5.74, 6) is -0.800. The average molecular weight is 941 g/mol. The normalized spacial score (nSPS) is 13.5. The van der Waals surface area contributed by atoms with Crippen molar-refractivity contribution in [3.63, 3.8) is 0 Å². The van der Waals surface area contributed by atoms with E-state index in [1.807, 2.05) is 21.1 Å². The SMILES string of the molecule is CCC/C=C\CCCCCCCC(=O)OCC(COP(=O)(O)OCC[N+](C)(C)C)OC(=O)CCCCCCCCCCCCCCCCCCCCC/C=C\CCCCCCCCCC. The van der Waals surface area contributed by atoms with Crippen LogP contribution in [0.3, 0.4) is 0 Å². The van der Waals surface area contributed by atoms with Crippen LogP contribution in [0, 0.1) is 0 Å². The summed E-state index contributed by atoms with van der Waals surface area (Å²) in [5, 5.41) is 0. The number of likely N-dealkylation sites (N-methyl/N-ethyl adjacent to an activating group) is 1. The van der Waals surface area contributed by atoms with Crippen molar-refractivity contribution in [2.45, 2.75) is 270 Å². The van der Waals surface area contributed by atoms with Crippen molar-refractivity contribution in [3.8, 4) is 0 Å². The van der Waals surface area contributed by atoms with Crippen molar-refractivity contribution < 1.29 is 42.1 Å². The average Bonchev–Trinajstić information content (AvgIpc) is 3.26. The van der Waals surface area contributed by atoms with Crippen LogP contribution in [-0.2, 0) is 32.7 Å². The highest BCUT2D eigenvalue weighted by atomic mass is 31.2. The fourth-order valence-electron chi connectivity index (χ4n) is 7.90. The molecule has 0 aliphatic carbocycles. The molecule has 0 bridgehead atoms. The van der Waals surface area contributed by atoms with Crippen molar-refractivity contribution >= 4 is 19.8 Å². The van der Waals surface area contributed by atoms with Gasteiger partial charge >= 0.3 is 19.8 Å². The van der Waals surface area contributed by atoms with Gasteiger partial charge in [-0.05, 0) is 57.8 Å². The van der Waals surface area contributed by atoms with E-state index in [1.54, 1.807) is 0 Å². The predicted molar refractivity (Wildman–Crippen MR) is 275 cm³/mol. The molecule has 65 heavy (non-hydrogen) atoms. The highest BCUT2D eigenvalue weighted by molar-refractivity contribution is 7.47. The lowest BCUT2D eigenvalue weighted by Gasteiger charge is -2.24. The number of esters is 2. The van der Waals surface area contributed by atoms with E-state index in [9.17, 15) is 19.0 Å². The zero-order valence-electron chi connectivity index (χ0n) is 43.5. The van der Waals surface area contributed by atoms with Crippen LogP contribution in [0.5, 0.6) is 0 Å². The molecule has 384 valence electrons. The fraction of sp³-hybridized carbons (Fsp3) is 0.891. The highest BCUT2D eigenvalue weighted by Crippen LogP contribution is 2.43. The molecule has 0 aromatic rings. The summed E-state index contributed by atoms with van der Waals surface area (Å²) in [6.07, 6.45) is 55.6. The first-order valence-electron chi connectivity index (χ1n) is 27.6. The third kappa shape index (κ3) is 51.7. The Kier molecular flexibility index (Phi) is 46.4. The lowest BCUT2D eigenvalue weighted by molar-refractivity contribution is -0.870. The summed E-state index contributed by atoms with van der Waals surface area (Å²) in [6.45, 7) is 4.38. The second-order valence-corrected chi connectivity index (χ2v) is 21.4. The molecule has 0 aliphatic heterocycles. The molecule has 0 aromatic carbocycles. The number of hydrogen-bond acceptors (Lipinski definition) is 7. The maximum Gasteiger partial charge on any atom is 0.472 e. The fourth-order valence-corrected chi connectivity index (χ4v) is 8.64. The monoisotopic (exact) mass is 941 g/mol. The molecule has 0 heterocycles. The Morgan fingerprint density at radius 2 is 0.815 bits per heavy atom. The zero-order chi connectivity index (χ0) is 47.8. The van der Waals surface area contributed by atoms with E-state index in [4.69, 9.17) is 18.5 Å². The van der Waals surface area contributed by atoms with Crippen molar-refractivity contribution in [2.75, 3.05) is 47.5 Å². The Labute approximate surface area is 402 Å². The molecule has 0 fully saturated rings. The maximum absolute atomic E-state index is 12.7. The number of rotatable bonds is 51. The summed E-state index contributed by atoms with van der Waals surface area (Å²) >= 11 is 0. The number of carbonyl (C=O) groups excluding carboxylic acids is 2. The van der Waals surface area contributed by atoms with Crippen LogP contribution in [-0.4, -0.2) is 74.9 Å². The molecule has 0 aromatic heterocycles. The summed E-state index contributed by atoms with van der Waals surface area (Å²) in [4.78, 5) is 35.4. The third-order valence-electron chi connectivity index (χ3n) is 12.2. The number of nitrogens with zero attached hydrogens (tertiary/aromatic N) is 1. The molecule has 0 spiro atoms. The van der Waals surface area contributed by atoms with Crippen LogP contribution >= 0.6 is 7.82 Å². The molecule has 0 saturated heterocycles. The molecule has 0 radical (unpaired) electrons. The van der Waals surface area contributed by atoms with Gasteiger partial charge in [0.2, 0.25) is 0 Å². The molecule has 0 amide bonds. The topological polar surface area (TPSA) is 108 Å². The second kappa shape index (κ2) is 47.6. The molecular weight excluding hydrogens is 834 g/mol. The van der Waals surface area contributed by atoms with E-state index in [-0.39, 0.29) is 32.0 Å². The first-order chi connectivity index (χ1) is 31.5. The van der Waals surface area contributed by atoms with E-state index >= 15 is 0 Å². The van der Waals surface area contributed by atoms with Gasteiger partial charge in [0.1, 0.15) is 19.8 Å². The number of phosphoric ester groups is 1. The Morgan fingerprint density at radius 3 is 1.20 bits per heavy atom. The van der Waals surface area contributed by atoms with Gasteiger partial charge < -0.3 is 18.9 Å². The van der Waals surface area contributed by atoms with Gasteiger partial charge in [0.25, 0.3) is 0 Å². The smallest absolute Gasteiger partial charge is 0.462 e. The van der Waals surface area contributed by atoms with Crippen LogP contribution in [0.2, 0.25) is 0 Å². The van der Waals surface area contributed by atoms with Crippen molar-refractivity contribution in [3.05, 3.63) is 24.3 Å². The van der Waals surface area contributed by atoms with E-state index < -0.39 is 26.5 Å². The standard InChI is InChI=1S/C55H106NO8P/c1-6-8-10-12-14-16-18-19-20-21-22-23-24-25-26-27-28-29-30-31-32-33-34-35-36-37-38-40-42-44-46-48-55(58)64-53(52-63-65(59,60)62-50-49-56(3,4)5)51-61-54(57)47-45-43-41-39-17-15-13-11-9-7-2/h11,13,21-22,53H,6-10,12,14-20,23-52H2,1-5H3/p+1/b13-11-,22-21-. The minimum atomic E-state index is -4.38. The van der Waals surface area contributed by atoms with Gasteiger partial charge in [-0.25, -0.2) is 4.57 Å². The molecule has 0 saturated carbocycles. The molecule has 9 nitrogen and oxygen atoms in total. The van der Waals surface area contributed by atoms with Crippen LogP contribution in [0.15, 0.2) is 24.3 Å². The van der Waals surface area contributed by atoms with Crippen molar-refractivity contribution in [2.24, 2.45) is 0 Å². The molecule has 0 aliphatic rings. The van der Waals surface area contributed by atoms with Gasteiger partial charge in [0, 0.05) is 12.8 Å². The number of unbranched alkanes of at least 4 members (excludes halogenated alkanes) is 33. The summed E-state index contributed by atoms with van der Waals surface area (Å²) < 4.78 is 34.4. The molecule has 1 N–H and O–H groups in total. The Balaban J connectivity index is 3.96. The van der Waals surface area contributed by atoms with Crippen molar-refractivity contribution in [1.82, 2.24) is 0 Å². The molecular formula is C55H107NO8P+. The number of quaternary nitrogens is 1. The highest BCUT2D eigenvalue weighted by Gasteiger charge is 2.27. The van der Waals surface area contributed by atoms with Gasteiger partial charge in [0.15, 0.2) is 6.10 Å². The zero-order valence-corrected chi connectivity index (χ0v) is 44.4. The van der Waals surface area contributed by atoms with E-state index in [0.717, 1.165) is 57.8 Å². The van der Waals surface area contributed by atoms with Crippen LogP contribution in [0.25, 0.3) is 0 Å². The van der Waals surface area contributed by atoms with E-state index in [2.05, 4.69) is 38.2 Å². The second-order valence-electron chi connectivity index (χ2n) is 20.0. The van der Waals surface area contributed by atoms with Gasteiger partial charge in [0.05, 0.1) is 27.7 Å². The largest absolute Gasteiger partial charge is 0.472 e. The number of ether oxygens (including phenoxy) is 2. The van der Waals surface area contributed by atoms with E-state index in [0.29, 0.717) is 17.4 Å². The van der Waals surface area contributed by atoms with Crippen molar-refractivity contribution in [1.29, 1.82) is 0 Å². The summed E-state index contributed by atoms with van der Waals surface area (Å²) in [7, 11) is 1.48. The van der Waals surface area contributed by atoms with E-state index in [1.165, 1.54) is 173 Å². The molecule has 2 atom stereocenters. The molecule has 0 rings (SSSR count). The summed E-state index contributed by atoms with van der Waals surface area (Å²) in [6, 6.07) is 0. The first-order valence-corrected chi connectivity index (χ1v) is 29.1. The number of phosphoric acid groups is 1. The molecule has 10 heteroatoms.